The topological polar surface area (TPSA) is 6.48 Å². The van der Waals surface area contributed by atoms with Gasteiger partial charge in [0.15, 0.2) is 0 Å². The minimum Gasteiger partial charge on any atom is -0.368 e. The molecule has 3 heteroatoms. The third-order valence-corrected chi connectivity index (χ3v) is 6.83. The fourth-order valence-corrected chi connectivity index (χ4v) is 5.06. The Kier molecular flexibility index (Phi) is 5.48. The molecule has 150 valence electrons. The molecule has 1 aliphatic carbocycles. The van der Waals surface area contributed by atoms with Gasteiger partial charge in [0.2, 0.25) is 0 Å². The minimum absolute atomic E-state index is 1.07. The van der Waals surface area contributed by atoms with E-state index in [9.17, 15) is 0 Å². The number of fused-ring (bicyclic) bond motifs is 2. The van der Waals surface area contributed by atoms with Crippen molar-refractivity contribution in [1.82, 2.24) is 9.80 Å². The first-order valence-electron chi connectivity index (χ1n) is 10.6. The molecule has 3 aromatic rings. The Bertz CT molecular complexity index is 1090. The summed E-state index contributed by atoms with van der Waals surface area (Å²) in [5, 5.41) is 2.33. The van der Waals surface area contributed by atoms with Crippen LogP contribution in [0.5, 0.6) is 0 Å². The van der Waals surface area contributed by atoms with Crippen LogP contribution in [0.1, 0.15) is 22.3 Å². The minimum atomic E-state index is 1.07. The number of likely N-dealkylation sites (N-methyl/N-ethyl adjacent to an activating group) is 1. The molecule has 0 unspecified atom stereocenters. The number of benzene rings is 3. The lowest BCUT2D eigenvalue weighted by Gasteiger charge is -2.36. The molecule has 1 fully saturated rings. The third-order valence-electron chi connectivity index (χ3n) is 5.94. The van der Waals surface area contributed by atoms with E-state index in [2.05, 4.69) is 107 Å². The molecule has 2 nitrogen and oxygen atoms in total. The van der Waals surface area contributed by atoms with Gasteiger partial charge in [0.05, 0.1) is 0 Å². The molecule has 1 saturated heterocycles. The van der Waals surface area contributed by atoms with Crippen molar-refractivity contribution in [1.29, 1.82) is 0 Å². The molecule has 5 rings (SSSR count). The van der Waals surface area contributed by atoms with E-state index in [4.69, 9.17) is 0 Å². The van der Waals surface area contributed by atoms with Gasteiger partial charge in [-0.2, -0.15) is 0 Å². The summed E-state index contributed by atoms with van der Waals surface area (Å²) in [5.41, 5.74) is 7.89. The molecule has 0 saturated carbocycles. The van der Waals surface area contributed by atoms with Gasteiger partial charge in [0, 0.05) is 42.3 Å². The van der Waals surface area contributed by atoms with Gasteiger partial charge in [0.25, 0.3) is 0 Å². The lowest BCUT2D eigenvalue weighted by atomic mass is 9.94. The van der Waals surface area contributed by atoms with Gasteiger partial charge < -0.3 is 9.80 Å². The maximum atomic E-state index is 2.56. The zero-order valence-corrected chi connectivity index (χ0v) is 18.1. The van der Waals surface area contributed by atoms with E-state index < -0.39 is 0 Å². The average molecular weight is 411 g/mol. The summed E-state index contributed by atoms with van der Waals surface area (Å²) in [5.74, 6) is 0. The zero-order valence-electron chi connectivity index (χ0n) is 17.3. The van der Waals surface area contributed by atoms with Crippen molar-refractivity contribution in [3.63, 3.8) is 0 Å². The fourth-order valence-electron chi connectivity index (χ4n) is 4.24. The van der Waals surface area contributed by atoms with Crippen molar-refractivity contribution >= 4 is 29.1 Å². The molecule has 0 amide bonds. The number of thioether (sulfide) groups is 1. The maximum absolute atomic E-state index is 2.56. The van der Waals surface area contributed by atoms with Gasteiger partial charge in [-0.3, -0.25) is 0 Å². The smallest absolute Gasteiger partial charge is 0.0453 e. The van der Waals surface area contributed by atoms with Crippen LogP contribution in [0.25, 0.3) is 17.3 Å². The summed E-state index contributed by atoms with van der Waals surface area (Å²) >= 11 is 1.80. The van der Waals surface area contributed by atoms with Crippen LogP contribution in [0, 0.1) is 0 Å². The number of hydrogen-bond donors (Lipinski definition) is 0. The van der Waals surface area contributed by atoms with E-state index in [-0.39, 0.29) is 0 Å². The number of piperazine rings is 1. The van der Waals surface area contributed by atoms with Crippen molar-refractivity contribution in [2.45, 2.75) is 4.90 Å². The van der Waals surface area contributed by atoms with E-state index in [0.717, 1.165) is 26.2 Å². The second kappa shape index (κ2) is 8.55. The number of nitrogens with zero attached hydrogens (tertiary/aromatic N) is 2. The van der Waals surface area contributed by atoms with Crippen molar-refractivity contribution in [3.8, 4) is 0 Å². The van der Waals surface area contributed by atoms with Crippen LogP contribution in [0.15, 0.2) is 89.2 Å². The zero-order chi connectivity index (χ0) is 20.3. The molecule has 0 spiro atoms. The number of rotatable bonds is 3. The van der Waals surface area contributed by atoms with E-state index in [1.807, 2.05) is 0 Å². The van der Waals surface area contributed by atoms with E-state index in [1.165, 1.54) is 38.4 Å². The molecule has 0 bridgehead atoms. The predicted octanol–water partition coefficient (Wildman–Crippen LogP) is 5.93. The summed E-state index contributed by atoms with van der Waals surface area (Å²) in [4.78, 5) is 6.23. The fraction of sp³-hybridized carbons (Fsp3) is 0.185. The summed E-state index contributed by atoms with van der Waals surface area (Å²) in [7, 11) is 2.21. The van der Waals surface area contributed by atoms with Gasteiger partial charge in [-0.15, -0.1) is 0 Å². The van der Waals surface area contributed by atoms with Gasteiger partial charge in [-0.05, 0) is 52.9 Å². The Morgan fingerprint density at radius 2 is 1.33 bits per heavy atom. The second-order valence-corrected chi connectivity index (χ2v) is 8.86. The van der Waals surface area contributed by atoms with E-state index in [1.54, 1.807) is 11.8 Å². The normalized spacial score (nSPS) is 17.8. The highest BCUT2D eigenvalue weighted by Crippen LogP contribution is 2.40. The Morgan fingerprint density at radius 1 is 0.700 bits per heavy atom. The quantitative estimate of drug-likeness (QED) is 0.494. The first kappa shape index (κ1) is 19.2. The highest BCUT2D eigenvalue weighted by Gasteiger charge is 2.24. The Labute approximate surface area is 183 Å². The summed E-state index contributed by atoms with van der Waals surface area (Å²) in [6.07, 6.45) is 2.40. The molecule has 0 atom stereocenters. The molecule has 1 aliphatic heterocycles. The molecule has 0 aromatic heterocycles. The largest absolute Gasteiger partial charge is 0.368 e. The van der Waals surface area contributed by atoms with Crippen LogP contribution in [-0.2, 0) is 0 Å². The van der Waals surface area contributed by atoms with Gasteiger partial charge in [0.1, 0.15) is 0 Å². The van der Waals surface area contributed by atoms with Crippen molar-refractivity contribution < 1.29 is 0 Å². The Morgan fingerprint density at radius 3 is 2.10 bits per heavy atom. The molecule has 3 aromatic carbocycles. The molecule has 0 radical (unpaired) electrons. The van der Waals surface area contributed by atoms with Gasteiger partial charge in [-0.25, -0.2) is 0 Å². The summed E-state index contributed by atoms with van der Waals surface area (Å²) in [6, 6.07) is 28.3. The SMILES string of the molecule is CN1CCN(C2=Cc3ccccc3C(=CSc3ccccc3)c3ccccc32)CC1. The highest BCUT2D eigenvalue weighted by molar-refractivity contribution is 8.02. The summed E-state index contributed by atoms with van der Waals surface area (Å²) in [6.45, 7) is 4.34. The van der Waals surface area contributed by atoms with Crippen LogP contribution in [0.3, 0.4) is 0 Å². The molecular formula is C27H26N2S. The van der Waals surface area contributed by atoms with Crippen molar-refractivity contribution in [2.24, 2.45) is 0 Å². The third kappa shape index (κ3) is 3.83. The molecule has 0 N–H and O–H groups in total. The first-order chi connectivity index (χ1) is 14.8. The molecule has 2 aliphatic rings. The highest BCUT2D eigenvalue weighted by atomic mass is 32.2. The van der Waals surface area contributed by atoms with Crippen LogP contribution in [0.2, 0.25) is 0 Å². The van der Waals surface area contributed by atoms with Gasteiger partial charge in [-0.1, -0.05) is 78.5 Å². The maximum Gasteiger partial charge on any atom is 0.0453 e. The second-order valence-electron chi connectivity index (χ2n) is 7.92. The summed E-state index contributed by atoms with van der Waals surface area (Å²) < 4.78 is 0. The average Bonchev–Trinajstić information content (AvgIpc) is 2.94. The van der Waals surface area contributed by atoms with Crippen LogP contribution >= 0.6 is 11.8 Å². The Hall–Kier alpha value is -2.75. The standard InChI is InChI=1S/C27H26N2S/c1-28-15-17-29(18-16-28)27-19-21-9-5-6-12-23(21)26(24-13-7-8-14-25(24)27)20-30-22-10-3-2-4-11-22/h2-14,19-20H,15-18H2,1H3. The molecule has 1 heterocycles. The van der Waals surface area contributed by atoms with Crippen LogP contribution < -0.4 is 0 Å². The van der Waals surface area contributed by atoms with Gasteiger partial charge >= 0.3 is 0 Å². The molecule has 30 heavy (non-hydrogen) atoms. The lowest BCUT2D eigenvalue weighted by molar-refractivity contribution is 0.208. The van der Waals surface area contributed by atoms with Crippen molar-refractivity contribution in [3.05, 3.63) is 107 Å². The molecular weight excluding hydrogens is 384 g/mol. The van der Waals surface area contributed by atoms with Crippen LogP contribution in [-0.4, -0.2) is 43.0 Å². The van der Waals surface area contributed by atoms with E-state index >= 15 is 0 Å². The predicted molar refractivity (Wildman–Crippen MR) is 129 cm³/mol. The monoisotopic (exact) mass is 410 g/mol. The Balaban J connectivity index is 1.63. The van der Waals surface area contributed by atoms with E-state index in [0.29, 0.717) is 0 Å². The lowest BCUT2D eigenvalue weighted by Crippen LogP contribution is -2.43. The number of hydrogen-bond acceptors (Lipinski definition) is 3. The first-order valence-corrected chi connectivity index (χ1v) is 11.4. The van der Waals surface area contributed by atoms with Crippen LogP contribution in [0.4, 0.5) is 0 Å². The van der Waals surface area contributed by atoms with Crippen molar-refractivity contribution in [2.75, 3.05) is 33.2 Å².